The Kier molecular flexibility index (Phi) is 6.62. The number of carbonyl (C=O) groups excluding carboxylic acids is 3. The van der Waals surface area contributed by atoms with Crippen LogP contribution >= 0.6 is 0 Å². The Morgan fingerprint density at radius 1 is 1.08 bits per heavy atom. The summed E-state index contributed by atoms with van der Waals surface area (Å²) in [5.41, 5.74) is 2.54. The number of fused-ring (bicyclic) bond motifs is 1. The summed E-state index contributed by atoms with van der Waals surface area (Å²) >= 11 is 0. The second-order valence-corrected chi connectivity index (χ2v) is 9.21. The fourth-order valence-corrected chi connectivity index (χ4v) is 4.79. The highest BCUT2D eigenvalue weighted by Crippen LogP contribution is 2.30. The molecule has 0 aromatic heterocycles. The lowest BCUT2D eigenvalue weighted by Gasteiger charge is -2.31. The van der Waals surface area contributed by atoms with Gasteiger partial charge in [0, 0.05) is 37.0 Å². The van der Waals surface area contributed by atoms with E-state index in [4.69, 9.17) is 9.47 Å². The zero-order chi connectivity index (χ0) is 25.2. The number of carbonyl (C=O) groups is 3. The summed E-state index contributed by atoms with van der Waals surface area (Å²) in [5.74, 6) is -1.02. The van der Waals surface area contributed by atoms with Gasteiger partial charge in [-0.2, -0.15) is 0 Å². The van der Waals surface area contributed by atoms with E-state index in [2.05, 4.69) is 10.6 Å². The highest BCUT2D eigenvalue weighted by molar-refractivity contribution is 5.89. The number of rotatable bonds is 4. The van der Waals surface area contributed by atoms with Gasteiger partial charge in [0.1, 0.15) is 30.9 Å². The van der Waals surface area contributed by atoms with Crippen molar-refractivity contribution in [3.63, 3.8) is 0 Å². The number of hydrogen-bond acceptors (Lipinski definition) is 5. The van der Waals surface area contributed by atoms with Gasteiger partial charge in [0.25, 0.3) is 0 Å². The van der Waals surface area contributed by atoms with Crippen LogP contribution in [0.1, 0.15) is 35.4 Å². The highest BCUT2D eigenvalue weighted by atomic mass is 19.1. The lowest BCUT2D eigenvalue weighted by molar-refractivity contribution is 0.0845. The average Bonchev–Trinajstić information content (AvgIpc) is 3.49. The summed E-state index contributed by atoms with van der Waals surface area (Å²) in [5, 5.41) is 5.38. The summed E-state index contributed by atoms with van der Waals surface area (Å²) in [6.07, 6.45) is 0.645. The van der Waals surface area contributed by atoms with Gasteiger partial charge in [-0.05, 0) is 48.1 Å². The molecule has 0 bridgehead atoms. The third kappa shape index (κ3) is 5.19. The third-order valence-electron chi connectivity index (χ3n) is 6.78. The molecule has 3 aliphatic rings. The van der Waals surface area contributed by atoms with Crippen molar-refractivity contribution in [2.75, 3.05) is 31.6 Å². The van der Waals surface area contributed by atoms with Crippen LogP contribution in [0.3, 0.4) is 0 Å². The van der Waals surface area contributed by atoms with Crippen LogP contribution in [0.15, 0.2) is 36.4 Å². The van der Waals surface area contributed by atoms with E-state index in [0.29, 0.717) is 29.9 Å². The molecule has 190 valence electrons. The monoisotopic (exact) mass is 500 g/mol. The Hall–Kier alpha value is -3.89. The molecule has 3 heterocycles. The van der Waals surface area contributed by atoms with Gasteiger partial charge in [0.15, 0.2) is 0 Å². The molecule has 4 amide bonds. The predicted molar refractivity (Wildman–Crippen MR) is 124 cm³/mol. The molecule has 2 aromatic carbocycles. The van der Waals surface area contributed by atoms with Gasteiger partial charge in [-0.1, -0.05) is 12.1 Å². The number of halogens is 2. The van der Waals surface area contributed by atoms with Crippen LogP contribution in [0.5, 0.6) is 0 Å². The van der Waals surface area contributed by atoms with Crippen molar-refractivity contribution in [1.82, 2.24) is 15.1 Å². The number of likely N-dealkylation sites (tertiary alicyclic amines) is 1. The van der Waals surface area contributed by atoms with Crippen molar-refractivity contribution in [2.24, 2.45) is 0 Å². The summed E-state index contributed by atoms with van der Waals surface area (Å²) in [6.45, 7) is 1.62. The second-order valence-electron chi connectivity index (χ2n) is 9.21. The number of anilines is 1. The van der Waals surface area contributed by atoms with Crippen molar-refractivity contribution >= 4 is 23.9 Å². The average molecular weight is 501 g/mol. The predicted octanol–water partition coefficient (Wildman–Crippen LogP) is 3.94. The zero-order valence-electron chi connectivity index (χ0n) is 19.5. The number of ether oxygens (including phenoxy) is 2. The number of amides is 4. The standard InChI is InChI=1S/C25H26F2N4O5/c26-18-9-17-11-31(12-21(17)22(27)10-18)23(32)28-19-3-1-15(2-4-19)16-5-7-30(8-6-16)25(34)36-14-20-13-35-24(33)29-20/h1-4,9-10,16,20H,5-8,11-14H2,(H,28,32)(H,29,33)/t20-/m0/s1. The molecule has 3 aliphatic heterocycles. The van der Waals surface area contributed by atoms with Gasteiger partial charge < -0.3 is 29.9 Å². The number of piperidine rings is 1. The molecular formula is C25H26F2N4O5. The van der Waals surface area contributed by atoms with E-state index >= 15 is 0 Å². The Morgan fingerprint density at radius 2 is 1.83 bits per heavy atom. The quantitative estimate of drug-likeness (QED) is 0.663. The number of alkyl carbamates (subject to hydrolysis) is 1. The lowest BCUT2D eigenvalue weighted by Crippen LogP contribution is -2.40. The molecule has 0 spiro atoms. The molecule has 0 unspecified atom stereocenters. The molecule has 2 saturated heterocycles. The Balaban J connectivity index is 1.08. The molecule has 0 saturated carbocycles. The Bertz CT molecular complexity index is 1170. The van der Waals surface area contributed by atoms with E-state index in [1.54, 1.807) is 4.90 Å². The van der Waals surface area contributed by atoms with Crippen LogP contribution in [0.25, 0.3) is 0 Å². The molecular weight excluding hydrogens is 474 g/mol. The van der Waals surface area contributed by atoms with Gasteiger partial charge in [0.05, 0.1) is 6.54 Å². The maximum atomic E-state index is 14.0. The molecule has 9 nitrogen and oxygen atoms in total. The van der Waals surface area contributed by atoms with Crippen molar-refractivity contribution in [3.8, 4) is 0 Å². The second kappa shape index (κ2) is 10.00. The molecule has 1 atom stereocenters. The van der Waals surface area contributed by atoms with Gasteiger partial charge in [-0.3, -0.25) is 0 Å². The van der Waals surface area contributed by atoms with Crippen LogP contribution in [-0.4, -0.2) is 60.4 Å². The van der Waals surface area contributed by atoms with Crippen LogP contribution in [0.4, 0.5) is 28.9 Å². The van der Waals surface area contributed by atoms with E-state index in [1.165, 1.54) is 11.0 Å². The Morgan fingerprint density at radius 3 is 2.53 bits per heavy atom. The van der Waals surface area contributed by atoms with E-state index in [0.717, 1.165) is 24.5 Å². The van der Waals surface area contributed by atoms with Crippen molar-refractivity contribution in [1.29, 1.82) is 0 Å². The normalized spacial score (nSPS) is 19.5. The van der Waals surface area contributed by atoms with Gasteiger partial charge in [-0.15, -0.1) is 0 Å². The zero-order valence-corrected chi connectivity index (χ0v) is 19.5. The molecule has 2 aromatic rings. The van der Waals surface area contributed by atoms with E-state index in [9.17, 15) is 23.2 Å². The maximum Gasteiger partial charge on any atom is 0.409 e. The summed E-state index contributed by atoms with van der Waals surface area (Å²) in [6, 6.07) is 8.92. The van der Waals surface area contributed by atoms with Crippen LogP contribution in [-0.2, 0) is 22.6 Å². The lowest BCUT2D eigenvalue weighted by atomic mass is 9.89. The largest absolute Gasteiger partial charge is 0.447 e. The fraction of sp³-hybridized carbons (Fsp3) is 0.400. The van der Waals surface area contributed by atoms with E-state index in [1.807, 2.05) is 24.3 Å². The first-order valence-corrected chi connectivity index (χ1v) is 11.8. The molecule has 11 heteroatoms. The first-order chi connectivity index (χ1) is 17.4. The summed E-state index contributed by atoms with van der Waals surface area (Å²) in [7, 11) is 0. The van der Waals surface area contributed by atoms with Crippen LogP contribution in [0.2, 0.25) is 0 Å². The summed E-state index contributed by atoms with van der Waals surface area (Å²) in [4.78, 5) is 39.1. The first-order valence-electron chi connectivity index (χ1n) is 11.8. The van der Waals surface area contributed by atoms with Crippen molar-refractivity contribution in [3.05, 3.63) is 64.7 Å². The maximum absolute atomic E-state index is 14.0. The van der Waals surface area contributed by atoms with Crippen LogP contribution in [0, 0.1) is 11.6 Å². The number of hydrogen-bond donors (Lipinski definition) is 2. The molecule has 2 fully saturated rings. The number of nitrogens with zero attached hydrogens (tertiary/aromatic N) is 2. The third-order valence-corrected chi connectivity index (χ3v) is 6.78. The molecule has 0 aliphatic carbocycles. The molecule has 36 heavy (non-hydrogen) atoms. The minimum Gasteiger partial charge on any atom is -0.447 e. The minimum atomic E-state index is -0.652. The van der Waals surface area contributed by atoms with Gasteiger partial charge >= 0.3 is 18.2 Å². The first kappa shape index (κ1) is 23.8. The minimum absolute atomic E-state index is 0.0764. The smallest absolute Gasteiger partial charge is 0.409 e. The van der Waals surface area contributed by atoms with Crippen LogP contribution < -0.4 is 10.6 Å². The number of cyclic esters (lactones) is 1. The molecule has 2 N–H and O–H groups in total. The Labute approximate surface area is 206 Å². The van der Waals surface area contributed by atoms with Crippen molar-refractivity contribution < 1.29 is 32.6 Å². The summed E-state index contributed by atoms with van der Waals surface area (Å²) < 4.78 is 37.5. The van der Waals surface area contributed by atoms with Crippen molar-refractivity contribution in [2.45, 2.75) is 37.9 Å². The highest BCUT2D eigenvalue weighted by Gasteiger charge is 2.29. The van der Waals surface area contributed by atoms with Gasteiger partial charge in [-0.25, -0.2) is 23.2 Å². The SMILES string of the molecule is O=C1N[C@H](COC(=O)N2CCC(c3ccc(NC(=O)N4Cc5cc(F)cc(F)c5C4)cc3)CC2)CO1. The number of nitrogens with one attached hydrogen (secondary N) is 2. The topological polar surface area (TPSA) is 100 Å². The van der Waals surface area contributed by atoms with E-state index in [-0.39, 0.29) is 44.3 Å². The fourth-order valence-electron chi connectivity index (χ4n) is 4.79. The van der Waals surface area contributed by atoms with Gasteiger partial charge in [0.2, 0.25) is 0 Å². The molecule has 0 radical (unpaired) electrons. The molecule has 5 rings (SSSR count). The van der Waals surface area contributed by atoms with E-state index < -0.39 is 23.8 Å². The number of urea groups is 1. The number of benzene rings is 2.